The van der Waals surface area contributed by atoms with Crippen LogP contribution in [0.25, 0.3) is 0 Å². The molecule has 0 bridgehead atoms. The molecule has 4 rings (SSSR count). The van der Waals surface area contributed by atoms with Gasteiger partial charge in [-0.3, -0.25) is 9.59 Å². The number of piperazine rings is 1. The van der Waals surface area contributed by atoms with E-state index in [9.17, 15) is 18.0 Å². The van der Waals surface area contributed by atoms with Gasteiger partial charge in [-0.25, -0.2) is 13.4 Å². The molecule has 29 heavy (non-hydrogen) atoms. The van der Waals surface area contributed by atoms with E-state index in [1.54, 1.807) is 12.1 Å². The second-order valence-corrected chi connectivity index (χ2v) is 9.33. The van der Waals surface area contributed by atoms with E-state index in [1.165, 1.54) is 29.6 Å². The number of anilines is 2. The van der Waals surface area contributed by atoms with Gasteiger partial charge in [-0.05, 0) is 36.8 Å². The smallest absolute Gasteiger partial charge is 0.244 e. The van der Waals surface area contributed by atoms with Crippen molar-refractivity contribution in [2.24, 2.45) is 0 Å². The molecule has 2 aliphatic heterocycles. The topological polar surface area (TPSA) is 99.7 Å². The van der Waals surface area contributed by atoms with Crippen LogP contribution < -0.4 is 10.2 Å². The summed E-state index contributed by atoms with van der Waals surface area (Å²) in [5.41, 5.74) is 1.73. The zero-order chi connectivity index (χ0) is 20.8. The molecule has 0 aliphatic carbocycles. The zero-order valence-corrected chi connectivity index (χ0v) is 17.3. The van der Waals surface area contributed by atoms with E-state index in [2.05, 4.69) is 10.3 Å². The van der Waals surface area contributed by atoms with E-state index >= 15 is 0 Å². The van der Waals surface area contributed by atoms with Gasteiger partial charge in [-0.15, -0.1) is 0 Å². The van der Waals surface area contributed by atoms with Gasteiger partial charge >= 0.3 is 0 Å². The highest BCUT2D eigenvalue weighted by atomic mass is 35.5. The van der Waals surface area contributed by atoms with Crippen LogP contribution in [0.3, 0.4) is 0 Å². The molecule has 0 radical (unpaired) electrons. The molecule has 1 aromatic heterocycles. The van der Waals surface area contributed by atoms with Crippen molar-refractivity contribution in [3.8, 4) is 0 Å². The Hall–Kier alpha value is -2.49. The summed E-state index contributed by atoms with van der Waals surface area (Å²) >= 11 is 6.22. The summed E-state index contributed by atoms with van der Waals surface area (Å²) in [5, 5.41) is 2.76. The highest BCUT2D eigenvalue weighted by Gasteiger charge is 2.32. The Labute approximate surface area is 173 Å². The predicted molar refractivity (Wildman–Crippen MR) is 109 cm³/mol. The third-order valence-electron chi connectivity index (χ3n) is 5.12. The third kappa shape index (κ3) is 3.73. The highest BCUT2D eigenvalue weighted by molar-refractivity contribution is 7.89. The van der Waals surface area contributed by atoms with Crippen molar-refractivity contribution in [3.63, 3.8) is 0 Å². The van der Waals surface area contributed by atoms with Crippen LogP contribution in [-0.2, 0) is 21.2 Å². The SMILES string of the molecule is CC(=O)c1ccc(N2CCN(S(=O)(=O)c3cc4c(cc3Cl)NC(=O)C4)CC2)nc1. The minimum Gasteiger partial charge on any atom is -0.354 e. The molecule has 152 valence electrons. The molecule has 0 spiro atoms. The Bertz CT molecular complexity index is 1090. The first-order valence-electron chi connectivity index (χ1n) is 9.10. The van der Waals surface area contributed by atoms with Gasteiger partial charge in [0, 0.05) is 43.6 Å². The number of fused-ring (bicyclic) bond motifs is 1. The maximum absolute atomic E-state index is 13.1. The summed E-state index contributed by atoms with van der Waals surface area (Å²) in [7, 11) is -3.78. The number of ketones is 1. The van der Waals surface area contributed by atoms with E-state index in [1.807, 2.05) is 4.90 Å². The maximum atomic E-state index is 13.1. The number of hydrogen-bond acceptors (Lipinski definition) is 6. The second-order valence-electron chi connectivity index (χ2n) is 7.02. The minimum absolute atomic E-state index is 0.0202. The Balaban J connectivity index is 1.50. The van der Waals surface area contributed by atoms with Crippen molar-refractivity contribution in [2.45, 2.75) is 18.2 Å². The average Bonchev–Trinajstić information content (AvgIpc) is 3.06. The lowest BCUT2D eigenvalue weighted by atomic mass is 10.2. The molecule has 2 aromatic rings. The number of hydrogen-bond donors (Lipinski definition) is 1. The van der Waals surface area contributed by atoms with Crippen molar-refractivity contribution in [1.82, 2.24) is 9.29 Å². The van der Waals surface area contributed by atoms with Crippen LogP contribution in [0.5, 0.6) is 0 Å². The molecule has 0 saturated carbocycles. The number of nitrogens with one attached hydrogen (secondary N) is 1. The van der Waals surface area contributed by atoms with Crippen LogP contribution in [0.15, 0.2) is 35.4 Å². The van der Waals surface area contributed by atoms with Crippen LogP contribution in [-0.4, -0.2) is 55.6 Å². The van der Waals surface area contributed by atoms with Gasteiger partial charge in [-0.1, -0.05) is 11.6 Å². The van der Waals surface area contributed by atoms with Gasteiger partial charge in [0.25, 0.3) is 0 Å². The lowest BCUT2D eigenvalue weighted by molar-refractivity contribution is -0.115. The fraction of sp³-hybridized carbons (Fsp3) is 0.316. The number of carbonyl (C=O) groups excluding carboxylic acids is 2. The van der Waals surface area contributed by atoms with Crippen LogP contribution in [0.2, 0.25) is 5.02 Å². The number of pyridine rings is 1. The average molecular weight is 435 g/mol. The molecular formula is C19H19ClN4O4S. The molecule has 1 saturated heterocycles. The van der Waals surface area contributed by atoms with E-state index in [-0.39, 0.29) is 41.1 Å². The molecule has 2 aliphatic rings. The summed E-state index contributed by atoms with van der Waals surface area (Å²) in [6.07, 6.45) is 1.67. The van der Waals surface area contributed by atoms with Crippen molar-refractivity contribution in [2.75, 3.05) is 36.4 Å². The number of nitrogens with zero attached hydrogens (tertiary/aromatic N) is 3. The minimum atomic E-state index is -3.78. The fourth-order valence-corrected chi connectivity index (χ4v) is 5.48. The van der Waals surface area contributed by atoms with E-state index in [4.69, 9.17) is 11.6 Å². The van der Waals surface area contributed by atoms with Gasteiger partial charge in [0.1, 0.15) is 10.7 Å². The van der Waals surface area contributed by atoms with E-state index in [0.717, 1.165) is 0 Å². The molecular weight excluding hydrogens is 416 g/mol. The van der Waals surface area contributed by atoms with E-state index in [0.29, 0.717) is 35.7 Å². The van der Waals surface area contributed by atoms with Crippen molar-refractivity contribution in [3.05, 3.63) is 46.6 Å². The summed E-state index contributed by atoms with van der Waals surface area (Å²) in [6, 6.07) is 6.46. The van der Waals surface area contributed by atoms with Gasteiger partial charge in [-0.2, -0.15) is 4.31 Å². The highest BCUT2D eigenvalue weighted by Crippen LogP contribution is 2.34. The first-order valence-corrected chi connectivity index (χ1v) is 10.9. The van der Waals surface area contributed by atoms with Crippen molar-refractivity contribution >= 4 is 44.8 Å². The normalized spacial score (nSPS) is 17.2. The number of Topliss-reactive ketones (excluding diaryl/α,β-unsaturated/α-hetero) is 1. The van der Waals surface area contributed by atoms with E-state index < -0.39 is 10.0 Å². The van der Waals surface area contributed by atoms with Crippen molar-refractivity contribution < 1.29 is 18.0 Å². The molecule has 3 heterocycles. The van der Waals surface area contributed by atoms with Gasteiger partial charge in [0.05, 0.1) is 11.4 Å². The number of amides is 1. The van der Waals surface area contributed by atoms with Gasteiger partial charge < -0.3 is 10.2 Å². The number of benzene rings is 1. The van der Waals surface area contributed by atoms with Crippen LogP contribution in [0.4, 0.5) is 11.5 Å². The second kappa shape index (κ2) is 7.40. The number of carbonyl (C=O) groups is 2. The molecule has 1 aromatic carbocycles. The Morgan fingerprint density at radius 3 is 2.52 bits per heavy atom. The standard InChI is InChI=1S/C19H19ClN4O4S/c1-12(25)13-2-3-18(21-11-13)23-4-6-24(7-5-23)29(27,28)17-8-14-9-19(26)22-16(14)10-15(17)20/h2-3,8,10-11H,4-7,9H2,1H3,(H,22,26). The quantitative estimate of drug-likeness (QED) is 0.738. The monoisotopic (exact) mass is 434 g/mol. The fourth-order valence-electron chi connectivity index (χ4n) is 3.50. The lowest BCUT2D eigenvalue weighted by Gasteiger charge is -2.34. The molecule has 10 heteroatoms. The van der Waals surface area contributed by atoms with Crippen molar-refractivity contribution in [1.29, 1.82) is 0 Å². The number of aromatic nitrogens is 1. The van der Waals surface area contributed by atoms with Gasteiger partial charge in [0.2, 0.25) is 15.9 Å². The largest absolute Gasteiger partial charge is 0.354 e. The molecule has 0 unspecified atom stereocenters. The first kappa shape index (κ1) is 19.8. The Morgan fingerprint density at radius 2 is 1.90 bits per heavy atom. The number of sulfonamides is 1. The molecule has 1 N–H and O–H groups in total. The summed E-state index contributed by atoms with van der Waals surface area (Å²) in [6.45, 7) is 2.98. The lowest BCUT2D eigenvalue weighted by Crippen LogP contribution is -2.49. The number of rotatable bonds is 4. The first-order chi connectivity index (χ1) is 13.8. The Kier molecular flexibility index (Phi) is 5.05. The van der Waals surface area contributed by atoms with Crippen LogP contribution in [0.1, 0.15) is 22.8 Å². The molecule has 8 nitrogen and oxygen atoms in total. The summed E-state index contributed by atoms with van der Waals surface area (Å²) in [5.74, 6) is 0.470. The summed E-state index contributed by atoms with van der Waals surface area (Å²) < 4.78 is 27.6. The molecule has 1 amide bonds. The number of halogens is 1. The summed E-state index contributed by atoms with van der Waals surface area (Å²) in [4.78, 5) is 29.2. The predicted octanol–water partition coefficient (Wildman–Crippen LogP) is 1.94. The Morgan fingerprint density at radius 1 is 1.17 bits per heavy atom. The maximum Gasteiger partial charge on any atom is 0.244 e. The third-order valence-corrected chi connectivity index (χ3v) is 7.48. The van der Waals surface area contributed by atoms with Crippen LogP contribution in [0, 0.1) is 0 Å². The van der Waals surface area contributed by atoms with Crippen LogP contribution >= 0.6 is 11.6 Å². The zero-order valence-electron chi connectivity index (χ0n) is 15.7. The molecule has 1 fully saturated rings. The van der Waals surface area contributed by atoms with Gasteiger partial charge in [0.15, 0.2) is 5.78 Å². The molecule has 0 atom stereocenters.